The number of benzene rings is 1. The van der Waals surface area contributed by atoms with Crippen LogP contribution in [0.2, 0.25) is 0 Å². The van der Waals surface area contributed by atoms with Gasteiger partial charge in [0.05, 0.1) is 42.5 Å². The number of nitrogens with one attached hydrogen (secondary N) is 2. The molecule has 63 heavy (non-hydrogen) atoms. The number of aliphatic hydroxyl groups excluding tert-OH is 1. The molecule has 1 aromatic carbocycles. The van der Waals surface area contributed by atoms with Crippen molar-refractivity contribution in [3.8, 4) is 0 Å². The molecule has 0 aliphatic heterocycles. The topological polar surface area (TPSA) is 319 Å². The maximum atomic E-state index is 14.9. The van der Waals surface area contributed by atoms with Crippen molar-refractivity contribution in [3.05, 3.63) is 83.2 Å². The number of unbranched alkanes of at least 4 members (excludes halogenated alkanes) is 1. The van der Waals surface area contributed by atoms with Gasteiger partial charge in [0.15, 0.2) is 5.78 Å². The zero-order valence-corrected chi connectivity index (χ0v) is 37.2. The van der Waals surface area contributed by atoms with E-state index in [1.54, 1.807) is 20.8 Å². The van der Waals surface area contributed by atoms with Gasteiger partial charge in [-0.15, -0.1) is 12.4 Å². The summed E-state index contributed by atoms with van der Waals surface area (Å²) >= 11 is 0. The number of hydrogen-bond acceptors (Lipinski definition) is 15. The molecule has 6 atom stereocenters. The van der Waals surface area contributed by atoms with E-state index in [4.69, 9.17) is 33.4 Å². The summed E-state index contributed by atoms with van der Waals surface area (Å²) in [5, 5.41) is 14.7. The highest BCUT2D eigenvalue weighted by atomic mass is 35.5. The van der Waals surface area contributed by atoms with Crippen LogP contribution in [-0.2, 0) is 43.3 Å². The summed E-state index contributed by atoms with van der Waals surface area (Å²) in [4.78, 5) is 96.2. The summed E-state index contributed by atoms with van der Waals surface area (Å²) in [7, 11) is 0. The monoisotopic (exact) mass is 896 g/mol. The van der Waals surface area contributed by atoms with Crippen LogP contribution >= 0.6 is 12.4 Å². The van der Waals surface area contributed by atoms with Crippen molar-refractivity contribution < 1.29 is 38.6 Å². The molecule has 3 unspecified atom stereocenters. The number of pyridine rings is 1. The van der Waals surface area contributed by atoms with Gasteiger partial charge in [-0.1, -0.05) is 56.0 Å². The van der Waals surface area contributed by atoms with E-state index < -0.39 is 89.3 Å². The molecular weight excluding hydrogens is 832 g/mol. The Labute approximate surface area is 374 Å². The predicted molar refractivity (Wildman–Crippen MR) is 238 cm³/mol. The summed E-state index contributed by atoms with van der Waals surface area (Å²) in [5.74, 6) is -7.05. The number of carbonyl (C=O) groups is 6. The number of nitrogens with zero attached hydrogens (tertiary/aromatic N) is 3. The molecule has 0 spiro atoms. The van der Waals surface area contributed by atoms with Gasteiger partial charge in [-0.25, -0.2) is 14.7 Å². The Hall–Kier alpha value is -4.95. The molecule has 1 aliphatic rings. The first kappa shape index (κ1) is 52.4. The SMILES string of the molecule is CC(C)(C)OC(=O)c1c(CN)ccnc1C(=O)N(C(=O)CC(O)C(N)C(C(=O)[C@H](Cc1cnc[nH]1)NC(=O)[C@@H](N)Cc1ccccc1)C1CCCCC1)C(=O)[C@@H](N)CCCCN.Cl. The number of imide groups is 3. The highest BCUT2D eigenvalue weighted by Gasteiger charge is 2.44. The number of amides is 4. The molecule has 4 amide bonds. The first-order valence-corrected chi connectivity index (χ1v) is 21.3. The summed E-state index contributed by atoms with van der Waals surface area (Å²) in [6.45, 7) is 4.96. The van der Waals surface area contributed by atoms with E-state index in [9.17, 15) is 33.9 Å². The number of ketones is 1. The van der Waals surface area contributed by atoms with Crippen LogP contribution in [0.4, 0.5) is 0 Å². The van der Waals surface area contributed by atoms with Gasteiger partial charge in [0, 0.05) is 43.0 Å². The van der Waals surface area contributed by atoms with Gasteiger partial charge in [0.1, 0.15) is 11.3 Å². The Morgan fingerprint density at radius 1 is 0.952 bits per heavy atom. The number of imidazole rings is 1. The zero-order chi connectivity index (χ0) is 45.6. The lowest BCUT2D eigenvalue weighted by Gasteiger charge is -2.37. The number of carbonyl (C=O) groups excluding carboxylic acids is 6. The van der Waals surface area contributed by atoms with Crippen molar-refractivity contribution in [1.82, 2.24) is 25.2 Å². The molecule has 2 aromatic heterocycles. The number of rotatable bonds is 21. The molecule has 4 rings (SSSR count). The molecule has 13 N–H and O–H groups in total. The Bertz CT molecular complexity index is 1970. The van der Waals surface area contributed by atoms with Gasteiger partial charge in [0.2, 0.25) is 11.8 Å². The van der Waals surface area contributed by atoms with E-state index >= 15 is 0 Å². The van der Waals surface area contributed by atoms with Crippen molar-refractivity contribution in [1.29, 1.82) is 0 Å². The molecule has 0 radical (unpaired) electrons. The zero-order valence-electron chi connectivity index (χ0n) is 36.4. The Morgan fingerprint density at radius 2 is 1.63 bits per heavy atom. The maximum Gasteiger partial charge on any atom is 0.341 e. The fourth-order valence-corrected chi connectivity index (χ4v) is 7.82. The van der Waals surface area contributed by atoms with Crippen LogP contribution in [0.5, 0.6) is 0 Å². The van der Waals surface area contributed by atoms with E-state index in [2.05, 4.69) is 20.3 Å². The number of esters is 1. The maximum absolute atomic E-state index is 14.9. The number of H-pyrrole nitrogens is 1. The van der Waals surface area contributed by atoms with Crippen molar-refractivity contribution in [3.63, 3.8) is 0 Å². The molecule has 2 heterocycles. The average molecular weight is 898 g/mol. The van der Waals surface area contributed by atoms with Crippen LogP contribution in [0.1, 0.15) is 116 Å². The number of hydrogen-bond donors (Lipinski definition) is 8. The van der Waals surface area contributed by atoms with Gasteiger partial charge in [-0.2, -0.15) is 0 Å². The molecule has 346 valence electrons. The molecule has 1 aliphatic carbocycles. The van der Waals surface area contributed by atoms with Crippen molar-refractivity contribution in [2.75, 3.05) is 6.54 Å². The average Bonchev–Trinajstić information content (AvgIpc) is 3.76. The van der Waals surface area contributed by atoms with Crippen LogP contribution < -0.4 is 34.0 Å². The molecule has 1 fully saturated rings. The van der Waals surface area contributed by atoms with E-state index in [0.29, 0.717) is 37.9 Å². The molecule has 0 bridgehead atoms. The molecule has 0 saturated heterocycles. The largest absolute Gasteiger partial charge is 0.456 e. The van der Waals surface area contributed by atoms with E-state index in [1.807, 2.05) is 30.3 Å². The lowest BCUT2D eigenvalue weighted by molar-refractivity contribution is -0.144. The minimum Gasteiger partial charge on any atom is -0.456 e. The van der Waals surface area contributed by atoms with E-state index in [-0.39, 0.29) is 60.2 Å². The standard InChI is InChI=1S/C44H64N10O8.ClH/c1-44(2,3)62-43(61)36-28(23-46)17-19-51-38(36)42(60)54(41(59)30(47)16-10-11-18-45)34(56)22-33(55)37(49)35(27-14-8-5-9-15-27)39(57)32(21-29-24-50-25-52-29)53-40(58)31(48)20-26-12-6-4-7-13-26;/h4,6-7,12-13,17,19,24-25,27,30-33,35,37,55H,5,8-11,14-16,18,20-23,45-49H2,1-3H3,(H,50,52)(H,53,58);1H/t30-,31-,32-,33?,35?,37?;/m0./s1. The van der Waals surface area contributed by atoms with Crippen LogP contribution in [0.15, 0.2) is 55.1 Å². The Kier molecular flexibility index (Phi) is 20.6. The number of aliphatic hydroxyl groups is 1. The quantitative estimate of drug-likeness (QED) is 0.0558. The second kappa shape index (κ2) is 24.8. The minimum absolute atomic E-state index is 0. The molecular formula is C44H65ClN10O8. The molecule has 19 heteroatoms. The number of Topliss-reactive ketones (excluding diaryl/α,β-unsaturated/α-hetero) is 1. The van der Waals surface area contributed by atoms with Crippen molar-refractivity contribution in [2.24, 2.45) is 40.5 Å². The fraction of sp³-hybridized carbons (Fsp3) is 0.545. The number of ether oxygens (including phenoxy) is 1. The smallest absolute Gasteiger partial charge is 0.341 e. The Balaban J connectivity index is 0.0000106. The van der Waals surface area contributed by atoms with Crippen LogP contribution in [0, 0.1) is 11.8 Å². The summed E-state index contributed by atoms with van der Waals surface area (Å²) < 4.78 is 5.55. The normalized spacial score (nSPS) is 16.0. The third kappa shape index (κ3) is 14.8. The number of aromatic amines is 1. The first-order chi connectivity index (χ1) is 29.5. The lowest BCUT2D eigenvalue weighted by Crippen LogP contribution is -2.57. The first-order valence-electron chi connectivity index (χ1n) is 21.3. The third-order valence-corrected chi connectivity index (χ3v) is 11.0. The molecule has 3 aromatic rings. The minimum atomic E-state index is -1.78. The van der Waals surface area contributed by atoms with E-state index in [0.717, 1.165) is 24.8 Å². The van der Waals surface area contributed by atoms with Gasteiger partial charge < -0.3 is 48.8 Å². The van der Waals surface area contributed by atoms with Gasteiger partial charge in [-0.05, 0) is 82.5 Å². The molecule has 18 nitrogen and oxygen atoms in total. The van der Waals surface area contributed by atoms with Gasteiger partial charge >= 0.3 is 5.97 Å². The fourth-order valence-electron chi connectivity index (χ4n) is 7.82. The Morgan fingerprint density at radius 3 is 2.24 bits per heavy atom. The summed E-state index contributed by atoms with van der Waals surface area (Å²) in [6.07, 6.45) is 6.31. The number of aromatic nitrogens is 3. The molecule has 1 saturated carbocycles. The van der Waals surface area contributed by atoms with Gasteiger partial charge in [-0.3, -0.25) is 29.0 Å². The summed E-state index contributed by atoms with van der Waals surface area (Å²) in [5.41, 5.74) is 30.6. The predicted octanol–water partition coefficient (Wildman–Crippen LogP) is 1.73. The summed E-state index contributed by atoms with van der Waals surface area (Å²) in [6, 6.07) is 5.66. The van der Waals surface area contributed by atoms with Crippen molar-refractivity contribution >= 4 is 47.8 Å². The highest BCUT2D eigenvalue weighted by molar-refractivity contribution is 6.19. The number of nitrogens with two attached hydrogens (primary N) is 5. The van der Waals surface area contributed by atoms with Crippen LogP contribution in [0.3, 0.4) is 0 Å². The third-order valence-electron chi connectivity index (χ3n) is 11.0. The van der Waals surface area contributed by atoms with Crippen molar-refractivity contribution in [2.45, 2.75) is 134 Å². The second-order valence-corrected chi connectivity index (χ2v) is 17.0. The van der Waals surface area contributed by atoms with Crippen LogP contribution in [-0.4, -0.2) is 103 Å². The highest BCUT2D eigenvalue weighted by Crippen LogP contribution is 2.34. The van der Waals surface area contributed by atoms with Crippen LogP contribution in [0.25, 0.3) is 0 Å². The second-order valence-electron chi connectivity index (χ2n) is 17.0. The number of halogens is 1. The lowest BCUT2D eigenvalue weighted by atomic mass is 9.71. The van der Waals surface area contributed by atoms with Gasteiger partial charge in [0.25, 0.3) is 11.8 Å². The van der Waals surface area contributed by atoms with E-state index in [1.165, 1.54) is 24.8 Å².